The lowest BCUT2D eigenvalue weighted by Gasteiger charge is -2.04. The number of nitrogens with zero attached hydrogens (tertiary/aromatic N) is 3. The van der Waals surface area contributed by atoms with Gasteiger partial charge in [0.25, 0.3) is 0 Å². The summed E-state index contributed by atoms with van der Waals surface area (Å²) < 4.78 is 6.45. The van der Waals surface area contributed by atoms with Crippen molar-refractivity contribution in [1.82, 2.24) is 10.2 Å². The van der Waals surface area contributed by atoms with Crippen LogP contribution < -0.4 is 10.1 Å². The highest BCUT2D eigenvalue weighted by Crippen LogP contribution is 2.28. The fourth-order valence-corrected chi connectivity index (χ4v) is 2.99. The predicted octanol–water partition coefficient (Wildman–Crippen LogP) is 4.53. The highest BCUT2D eigenvalue weighted by molar-refractivity contribution is 9.10. The van der Waals surface area contributed by atoms with E-state index in [0.717, 1.165) is 10.2 Å². The van der Waals surface area contributed by atoms with Crippen LogP contribution in [0.1, 0.15) is 5.01 Å². The van der Waals surface area contributed by atoms with Crippen LogP contribution in [0.2, 0.25) is 0 Å². The average molecular weight is 407 g/mol. The molecule has 7 nitrogen and oxygen atoms in total. The van der Waals surface area contributed by atoms with Crippen molar-refractivity contribution in [2.45, 2.75) is 6.61 Å². The molecule has 122 valence electrons. The molecule has 0 radical (unpaired) electrons. The van der Waals surface area contributed by atoms with Crippen LogP contribution in [0.3, 0.4) is 0 Å². The Kier molecular flexibility index (Phi) is 5.02. The topological polar surface area (TPSA) is 90.2 Å². The molecule has 0 saturated heterocycles. The zero-order valence-electron chi connectivity index (χ0n) is 12.2. The fourth-order valence-electron chi connectivity index (χ4n) is 1.92. The van der Waals surface area contributed by atoms with Crippen molar-refractivity contribution in [3.63, 3.8) is 0 Å². The Balaban J connectivity index is 1.66. The Morgan fingerprint density at radius 1 is 1.21 bits per heavy atom. The summed E-state index contributed by atoms with van der Waals surface area (Å²) in [6, 6.07) is 13.9. The van der Waals surface area contributed by atoms with Crippen LogP contribution in [-0.2, 0) is 6.61 Å². The van der Waals surface area contributed by atoms with Crippen LogP contribution in [0, 0.1) is 10.1 Å². The van der Waals surface area contributed by atoms with Crippen LogP contribution in [0.25, 0.3) is 0 Å². The number of halogens is 1. The summed E-state index contributed by atoms with van der Waals surface area (Å²) in [7, 11) is 0. The molecular formula is C15H11BrN4O3S. The van der Waals surface area contributed by atoms with Gasteiger partial charge in [-0.25, -0.2) is 0 Å². The molecule has 1 N–H and O–H groups in total. The van der Waals surface area contributed by atoms with Gasteiger partial charge in [0, 0.05) is 16.2 Å². The van der Waals surface area contributed by atoms with Crippen molar-refractivity contribution in [2.24, 2.45) is 0 Å². The van der Waals surface area contributed by atoms with Gasteiger partial charge in [-0.3, -0.25) is 10.1 Å². The molecule has 0 aliphatic carbocycles. The van der Waals surface area contributed by atoms with E-state index in [1.807, 2.05) is 24.3 Å². The van der Waals surface area contributed by atoms with Gasteiger partial charge in [-0.05, 0) is 24.3 Å². The van der Waals surface area contributed by atoms with Crippen molar-refractivity contribution in [3.05, 3.63) is 68.1 Å². The van der Waals surface area contributed by atoms with Gasteiger partial charge in [0.1, 0.15) is 6.61 Å². The second-order valence-corrected chi connectivity index (χ2v) is 6.63. The summed E-state index contributed by atoms with van der Waals surface area (Å²) in [6.07, 6.45) is 0. The first-order valence-corrected chi connectivity index (χ1v) is 8.44. The van der Waals surface area contributed by atoms with Gasteiger partial charge in [-0.2, -0.15) is 0 Å². The van der Waals surface area contributed by atoms with E-state index in [2.05, 4.69) is 31.4 Å². The van der Waals surface area contributed by atoms with Crippen LogP contribution >= 0.6 is 27.3 Å². The molecule has 0 bridgehead atoms. The van der Waals surface area contributed by atoms with Crippen molar-refractivity contribution < 1.29 is 9.66 Å². The molecule has 0 atom stereocenters. The standard InChI is InChI=1S/C15H11BrN4O3S/c16-10-4-3-5-11(8-10)17-15-19-18-14(24-15)9-23-13-7-2-1-6-12(13)20(21)22/h1-8H,9H2,(H,17,19). The Morgan fingerprint density at radius 3 is 2.83 bits per heavy atom. The maximum Gasteiger partial charge on any atom is 0.310 e. The molecule has 24 heavy (non-hydrogen) atoms. The second kappa shape index (κ2) is 7.37. The first kappa shape index (κ1) is 16.3. The lowest BCUT2D eigenvalue weighted by atomic mass is 10.3. The molecule has 0 fully saturated rings. The molecule has 0 saturated carbocycles. The molecule has 1 aromatic heterocycles. The number of ether oxygens (including phenoxy) is 1. The number of anilines is 2. The quantitative estimate of drug-likeness (QED) is 0.477. The summed E-state index contributed by atoms with van der Waals surface area (Å²) in [5, 5.41) is 23.4. The number of benzene rings is 2. The molecule has 3 aromatic rings. The molecule has 1 heterocycles. The molecule has 9 heteroatoms. The normalized spacial score (nSPS) is 10.4. The van der Waals surface area contributed by atoms with E-state index < -0.39 is 4.92 Å². The smallest absolute Gasteiger partial charge is 0.310 e. The largest absolute Gasteiger partial charge is 0.479 e. The van der Waals surface area contributed by atoms with Crippen molar-refractivity contribution in [3.8, 4) is 5.75 Å². The number of aromatic nitrogens is 2. The summed E-state index contributed by atoms with van der Waals surface area (Å²) in [6.45, 7) is 0.114. The molecule has 0 amide bonds. The van der Waals surface area contributed by atoms with Gasteiger partial charge in [-0.1, -0.05) is 45.5 Å². The van der Waals surface area contributed by atoms with E-state index in [4.69, 9.17) is 4.74 Å². The fraction of sp³-hybridized carbons (Fsp3) is 0.0667. The molecule has 0 aliphatic rings. The van der Waals surface area contributed by atoms with Gasteiger partial charge < -0.3 is 10.1 Å². The second-order valence-electron chi connectivity index (χ2n) is 4.65. The lowest BCUT2D eigenvalue weighted by molar-refractivity contribution is -0.385. The van der Waals surface area contributed by atoms with E-state index in [0.29, 0.717) is 10.1 Å². The first-order valence-electron chi connectivity index (χ1n) is 6.83. The van der Waals surface area contributed by atoms with E-state index in [-0.39, 0.29) is 18.0 Å². The Morgan fingerprint density at radius 2 is 2.04 bits per heavy atom. The average Bonchev–Trinajstić information content (AvgIpc) is 3.00. The third-order valence-electron chi connectivity index (χ3n) is 2.96. The summed E-state index contributed by atoms with van der Waals surface area (Å²) in [5.74, 6) is 0.208. The number of rotatable bonds is 6. The van der Waals surface area contributed by atoms with Crippen LogP contribution in [0.4, 0.5) is 16.5 Å². The SMILES string of the molecule is O=[N+]([O-])c1ccccc1OCc1nnc(Nc2cccc(Br)c2)s1. The Labute approximate surface area is 149 Å². The number of nitro benzene ring substituents is 1. The maximum absolute atomic E-state index is 11.0. The molecule has 0 unspecified atom stereocenters. The number of hydrogen-bond donors (Lipinski definition) is 1. The van der Waals surface area contributed by atoms with Gasteiger partial charge in [0.15, 0.2) is 10.8 Å². The monoisotopic (exact) mass is 406 g/mol. The summed E-state index contributed by atoms with van der Waals surface area (Å²) in [5.41, 5.74) is 0.807. The zero-order chi connectivity index (χ0) is 16.9. The minimum atomic E-state index is -0.477. The van der Waals surface area contributed by atoms with Crippen LogP contribution in [-0.4, -0.2) is 15.1 Å². The van der Waals surface area contributed by atoms with Crippen molar-refractivity contribution in [2.75, 3.05) is 5.32 Å². The molecular weight excluding hydrogens is 396 g/mol. The summed E-state index contributed by atoms with van der Waals surface area (Å²) >= 11 is 4.73. The number of hydrogen-bond acceptors (Lipinski definition) is 7. The zero-order valence-corrected chi connectivity index (χ0v) is 14.6. The van der Waals surface area contributed by atoms with Gasteiger partial charge in [0.2, 0.25) is 5.13 Å². The number of para-hydroxylation sites is 2. The number of nitro groups is 1. The van der Waals surface area contributed by atoms with Crippen molar-refractivity contribution >= 4 is 43.8 Å². The highest BCUT2D eigenvalue weighted by Gasteiger charge is 2.14. The first-order chi connectivity index (χ1) is 11.6. The van der Waals surface area contributed by atoms with Crippen LogP contribution in [0.5, 0.6) is 5.75 Å². The third kappa shape index (κ3) is 4.06. The number of nitrogens with one attached hydrogen (secondary N) is 1. The molecule has 2 aromatic carbocycles. The minimum Gasteiger partial charge on any atom is -0.479 e. The highest BCUT2D eigenvalue weighted by atomic mass is 79.9. The van der Waals surface area contributed by atoms with Gasteiger partial charge in [-0.15, -0.1) is 10.2 Å². The lowest BCUT2D eigenvalue weighted by Crippen LogP contribution is -1.98. The van der Waals surface area contributed by atoms with Crippen LogP contribution in [0.15, 0.2) is 53.0 Å². The summed E-state index contributed by atoms with van der Waals surface area (Å²) in [4.78, 5) is 10.5. The van der Waals surface area contributed by atoms with E-state index in [9.17, 15) is 10.1 Å². The van der Waals surface area contributed by atoms with Gasteiger partial charge >= 0.3 is 5.69 Å². The molecule has 0 spiro atoms. The van der Waals surface area contributed by atoms with E-state index >= 15 is 0 Å². The predicted molar refractivity (Wildman–Crippen MR) is 94.8 cm³/mol. The van der Waals surface area contributed by atoms with Gasteiger partial charge in [0.05, 0.1) is 4.92 Å². The van der Waals surface area contributed by atoms with E-state index in [1.165, 1.54) is 17.4 Å². The Bertz CT molecular complexity index is 871. The maximum atomic E-state index is 11.0. The third-order valence-corrected chi connectivity index (χ3v) is 4.26. The molecule has 3 rings (SSSR count). The van der Waals surface area contributed by atoms with Crippen molar-refractivity contribution in [1.29, 1.82) is 0 Å². The Hall–Kier alpha value is -2.52. The van der Waals surface area contributed by atoms with E-state index in [1.54, 1.807) is 18.2 Å². The molecule has 0 aliphatic heterocycles. The minimum absolute atomic E-state index is 0.0745.